The minimum absolute atomic E-state index is 0.0335. The molecule has 0 aliphatic carbocycles. The van der Waals surface area contributed by atoms with Crippen molar-refractivity contribution in [3.8, 4) is 5.75 Å². The van der Waals surface area contributed by atoms with Crippen LogP contribution in [-0.4, -0.2) is 30.9 Å². The second kappa shape index (κ2) is 10.2. The second-order valence-corrected chi connectivity index (χ2v) is 8.46. The summed E-state index contributed by atoms with van der Waals surface area (Å²) in [6.07, 6.45) is 0. The van der Waals surface area contributed by atoms with E-state index in [1.54, 1.807) is 37.3 Å². The molecule has 3 aromatic rings. The van der Waals surface area contributed by atoms with Gasteiger partial charge in [-0.1, -0.05) is 35.3 Å². The van der Waals surface area contributed by atoms with E-state index < -0.39 is 23.8 Å². The van der Waals surface area contributed by atoms with Crippen molar-refractivity contribution in [1.29, 1.82) is 0 Å². The van der Waals surface area contributed by atoms with Gasteiger partial charge in [0.2, 0.25) is 0 Å². The third-order valence-corrected chi connectivity index (χ3v) is 5.89. The topological polar surface area (TPSA) is 102 Å². The highest BCUT2D eigenvalue weighted by atomic mass is 35.5. The fraction of sp³-hybridized carbons (Fsp3) is 0.0769. The number of para-hydroxylation sites is 1. The second-order valence-electron chi connectivity index (χ2n) is 7.65. The Kier molecular flexibility index (Phi) is 7.10. The lowest BCUT2D eigenvalue weighted by atomic mass is 10.1. The molecule has 0 atom stereocenters. The zero-order chi connectivity index (χ0) is 26.0. The number of methoxy groups -OCH3 is 1. The van der Waals surface area contributed by atoms with Gasteiger partial charge in [-0.25, -0.2) is 14.5 Å². The van der Waals surface area contributed by atoms with E-state index >= 15 is 0 Å². The molecule has 0 aromatic heterocycles. The normalized spacial score (nSPS) is 13.2. The Bertz CT molecular complexity index is 1430. The highest BCUT2D eigenvalue weighted by molar-refractivity contribution is 6.53. The molecule has 36 heavy (non-hydrogen) atoms. The maximum atomic E-state index is 13.1. The van der Waals surface area contributed by atoms with Crippen LogP contribution in [0.25, 0.3) is 0 Å². The molecule has 0 bridgehead atoms. The van der Waals surface area contributed by atoms with Gasteiger partial charge >= 0.3 is 11.9 Å². The highest BCUT2D eigenvalue weighted by Crippen LogP contribution is 2.32. The number of halogens is 2. The van der Waals surface area contributed by atoms with E-state index in [0.717, 1.165) is 4.90 Å². The molecule has 4 rings (SSSR count). The van der Waals surface area contributed by atoms with Crippen LogP contribution in [0, 0.1) is 6.92 Å². The van der Waals surface area contributed by atoms with Crippen LogP contribution in [-0.2, 0) is 14.3 Å². The Labute approximate surface area is 216 Å². The molecule has 0 saturated carbocycles. The number of rotatable bonds is 6. The number of carbonyl (C=O) groups excluding carboxylic acids is 4. The van der Waals surface area contributed by atoms with E-state index in [-0.39, 0.29) is 27.5 Å². The van der Waals surface area contributed by atoms with Gasteiger partial charge in [-0.15, -0.1) is 0 Å². The Morgan fingerprint density at radius 3 is 2.25 bits per heavy atom. The minimum Gasteiger partial charge on any atom is -0.465 e. The predicted octanol–water partition coefficient (Wildman–Crippen LogP) is 5.09. The molecule has 0 spiro atoms. The van der Waals surface area contributed by atoms with Crippen molar-refractivity contribution in [2.75, 3.05) is 17.3 Å². The number of amides is 2. The SMILES string of the molecule is COC(=O)c1ccccc1N1C(=O)C(Cl)=C(Nc2ccc(C(=O)Oc3ccc(Cl)cc3C)cc2)C1=O. The van der Waals surface area contributed by atoms with Crippen molar-refractivity contribution < 1.29 is 28.7 Å². The van der Waals surface area contributed by atoms with Crippen molar-refractivity contribution >= 4 is 58.3 Å². The lowest BCUT2D eigenvalue weighted by molar-refractivity contribution is -0.120. The number of hydrogen-bond acceptors (Lipinski definition) is 7. The maximum absolute atomic E-state index is 13.1. The fourth-order valence-corrected chi connectivity index (χ4v) is 3.94. The molecule has 1 N–H and O–H groups in total. The zero-order valence-electron chi connectivity index (χ0n) is 19.0. The van der Waals surface area contributed by atoms with Crippen LogP contribution in [0.15, 0.2) is 77.5 Å². The number of aryl methyl sites for hydroxylation is 1. The third kappa shape index (κ3) is 4.82. The molecule has 10 heteroatoms. The van der Waals surface area contributed by atoms with Gasteiger partial charge in [-0.3, -0.25) is 9.59 Å². The minimum atomic E-state index is -0.793. The number of hydrogen-bond donors (Lipinski definition) is 1. The summed E-state index contributed by atoms with van der Waals surface area (Å²) in [7, 11) is 1.20. The Morgan fingerprint density at radius 2 is 1.58 bits per heavy atom. The van der Waals surface area contributed by atoms with Gasteiger partial charge < -0.3 is 14.8 Å². The van der Waals surface area contributed by atoms with Crippen LogP contribution in [0.5, 0.6) is 5.75 Å². The van der Waals surface area contributed by atoms with E-state index in [9.17, 15) is 19.2 Å². The molecule has 0 fully saturated rings. The number of imide groups is 1. The Hall–Kier alpha value is -4.14. The Balaban J connectivity index is 1.52. The molecule has 0 radical (unpaired) electrons. The third-order valence-electron chi connectivity index (χ3n) is 5.31. The van der Waals surface area contributed by atoms with E-state index in [1.165, 1.54) is 43.5 Å². The van der Waals surface area contributed by atoms with Crippen LogP contribution in [0.3, 0.4) is 0 Å². The summed E-state index contributed by atoms with van der Waals surface area (Å²) in [5.74, 6) is -2.45. The lowest BCUT2D eigenvalue weighted by Crippen LogP contribution is -2.33. The van der Waals surface area contributed by atoms with Gasteiger partial charge in [0.25, 0.3) is 11.8 Å². The fourth-order valence-electron chi connectivity index (χ4n) is 3.50. The number of carbonyl (C=O) groups is 4. The molecule has 0 unspecified atom stereocenters. The lowest BCUT2D eigenvalue weighted by Gasteiger charge is -2.17. The van der Waals surface area contributed by atoms with E-state index in [2.05, 4.69) is 5.32 Å². The number of esters is 2. The predicted molar refractivity (Wildman–Crippen MR) is 134 cm³/mol. The Morgan fingerprint density at radius 1 is 0.889 bits per heavy atom. The first-order chi connectivity index (χ1) is 17.2. The van der Waals surface area contributed by atoms with Crippen LogP contribution in [0.2, 0.25) is 5.02 Å². The average Bonchev–Trinajstić information content (AvgIpc) is 3.08. The molecule has 1 heterocycles. The largest absolute Gasteiger partial charge is 0.465 e. The summed E-state index contributed by atoms with van der Waals surface area (Å²) in [6.45, 7) is 1.77. The van der Waals surface area contributed by atoms with Crippen LogP contribution >= 0.6 is 23.2 Å². The number of benzene rings is 3. The van der Waals surface area contributed by atoms with Gasteiger partial charge in [-0.05, 0) is 67.1 Å². The van der Waals surface area contributed by atoms with Crippen molar-refractivity contribution in [3.05, 3.63) is 99.2 Å². The number of nitrogens with zero attached hydrogens (tertiary/aromatic N) is 1. The van der Waals surface area contributed by atoms with E-state index in [1.807, 2.05) is 0 Å². The first-order valence-electron chi connectivity index (χ1n) is 10.5. The van der Waals surface area contributed by atoms with Gasteiger partial charge in [0, 0.05) is 10.7 Å². The van der Waals surface area contributed by atoms with Gasteiger partial charge in [-0.2, -0.15) is 0 Å². The van der Waals surface area contributed by atoms with Crippen LogP contribution < -0.4 is 15.0 Å². The quantitative estimate of drug-likeness (QED) is 0.272. The summed E-state index contributed by atoms with van der Waals surface area (Å²) in [4.78, 5) is 51.3. The van der Waals surface area contributed by atoms with Gasteiger partial charge in [0.05, 0.1) is 23.9 Å². The summed E-state index contributed by atoms with van der Waals surface area (Å²) in [6, 6.07) is 17.0. The summed E-state index contributed by atoms with van der Waals surface area (Å²) in [5, 5.41) is 3.00. The van der Waals surface area contributed by atoms with E-state index in [4.69, 9.17) is 32.7 Å². The summed E-state index contributed by atoms with van der Waals surface area (Å²) < 4.78 is 10.2. The smallest absolute Gasteiger partial charge is 0.343 e. The molecular weight excluding hydrogens is 507 g/mol. The van der Waals surface area contributed by atoms with Gasteiger partial charge in [0.15, 0.2) is 0 Å². The standard InChI is InChI=1S/C26H18Cl2N2O6/c1-14-13-16(27)9-12-20(14)36-25(33)15-7-10-17(11-8-15)29-22-21(28)23(31)30(24(22)32)19-6-4-3-5-18(19)26(34)35-2/h3-13,29H,1-2H3. The van der Waals surface area contributed by atoms with E-state index in [0.29, 0.717) is 22.0 Å². The molecule has 1 aliphatic rings. The molecule has 2 amide bonds. The molecule has 1 aliphatic heterocycles. The summed E-state index contributed by atoms with van der Waals surface area (Å²) in [5.41, 5.74) is 1.27. The van der Waals surface area contributed by atoms with Crippen molar-refractivity contribution in [2.45, 2.75) is 6.92 Å². The average molecular weight is 525 g/mol. The number of anilines is 2. The molecule has 8 nitrogen and oxygen atoms in total. The van der Waals surface area contributed by atoms with Crippen molar-refractivity contribution in [1.82, 2.24) is 0 Å². The maximum Gasteiger partial charge on any atom is 0.343 e. The highest BCUT2D eigenvalue weighted by Gasteiger charge is 2.40. The number of nitrogens with one attached hydrogen (secondary N) is 1. The first-order valence-corrected chi connectivity index (χ1v) is 11.3. The molecule has 0 saturated heterocycles. The summed E-state index contributed by atoms with van der Waals surface area (Å²) >= 11 is 12.1. The van der Waals surface area contributed by atoms with Crippen LogP contribution in [0.4, 0.5) is 11.4 Å². The first kappa shape index (κ1) is 25.0. The molecular formula is C26H18Cl2N2O6. The van der Waals surface area contributed by atoms with Crippen molar-refractivity contribution in [2.24, 2.45) is 0 Å². The van der Waals surface area contributed by atoms with Crippen molar-refractivity contribution in [3.63, 3.8) is 0 Å². The molecule has 182 valence electrons. The number of ether oxygens (including phenoxy) is 2. The zero-order valence-corrected chi connectivity index (χ0v) is 20.5. The van der Waals surface area contributed by atoms with Gasteiger partial charge in [0.1, 0.15) is 16.5 Å². The van der Waals surface area contributed by atoms with Crippen LogP contribution in [0.1, 0.15) is 26.3 Å². The molecule has 3 aromatic carbocycles. The monoisotopic (exact) mass is 524 g/mol.